The van der Waals surface area contributed by atoms with Crippen LogP contribution < -0.4 is 10.2 Å². The molecule has 2 heterocycles. The smallest absolute Gasteiger partial charge is 0.256 e. The number of carbonyl (C=O) groups is 2. The maximum Gasteiger partial charge on any atom is 0.256 e. The Bertz CT molecular complexity index is 860. The average molecular weight is 336 g/mol. The topological polar surface area (TPSA) is 58.6 Å². The lowest BCUT2D eigenvalue weighted by molar-refractivity contribution is -0.118. The molecule has 5 nitrogen and oxygen atoms in total. The number of benzene rings is 2. The summed E-state index contributed by atoms with van der Waals surface area (Å²) in [4.78, 5) is 26.5. The molecule has 5 heteroatoms. The Morgan fingerprint density at radius 3 is 2.88 bits per heavy atom. The Labute approximate surface area is 146 Å². The zero-order valence-corrected chi connectivity index (χ0v) is 14.2. The molecule has 0 aromatic heterocycles. The summed E-state index contributed by atoms with van der Waals surface area (Å²) in [5, 5.41) is 2.98. The highest BCUT2D eigenvalue weighted by Gasteiger charge is 2.24. The molecule has 2 aromatic carbocycles. The van der Waals surface area contributed by atoms with Crippen molar-refractivity contribution in [3.63, 3.8) is 0 Å². The van der Waals surface area contributed by atoms with Gasteiger partial charge in [0.05, 0.1) is 13.2 Å². The molecule has 0 unspecified atom stereocenters. The lowest BCUT2D eigenvalue weighted by Crippen LogP contribution is -2.34. The van der Waals surface area contributed by atoms with Crippen molar-refractivity contribution in [3.05, 3.63) is 58.7 Å². The van der Waals surface area contributed by atoms with Gasteiger partial charge in [-0.3, -0.25) is 9.59 Å². The molecule has 0 spiro atoms. The molecule has 0 aliphatic carbocycles. The zero-order chi connectivity index (χ0) is 17.4. The molecule has 0 fully saturated rings. The molecule has 128 valence electrons. The van der Waals surface area contributed by atoms with E-state index in [9.17, 15) is 9.59 Å². The van der Waals surface area contributed by atoms with Crippen LogP contribution in [0.5, 0.6) is 0 Å². The third-order valence-corrected chi connectivity index (χ3v) is 4.88. The number of fused-ring (bicyclic) bond motifs is 2. The van der Waals surface area contributed by atoms with Gasteiger partial charge < -0.3 is 15.0 Å². The molecule has 0 bridgehead atoms. The zero-order valence-electron chi connectivity index (χ0n) is 14.2. The normalized spacial score (nSPS) is 15.7. The molecule has 1 N–H and O–H groups in total. The van der Waals surface area contributed by atoms with Gasteiger partial charge in [0.1, 0.15) is 0 Å². The fraction of sp³-hybridized carbons (Fsp3) is 0.300. The van der Waals surface area contributed by atoms with Gasteiger partial charge >= 0.3 is 0 Å². The first kappa shape index (κ1) is 15.8. The summed E-state index contributed by atoms with van der Waals surface area (Å²) >= 11 is 0. The van der Waals surface area contributed by atoms with E-state index < -0.39 is 0 Å². The van der Waals surface area contributed by atoms with E-state index in [1.807, 2.05) is 43.3 Å². The summed E-state index contributed by atoms with van der Waals surface area (Å²) < 4.78 is 5.45. The van der Waals surface area contributed by atoms with Crippen molar-refractivity contribution in [2.75, 3.05) is 16.8 Å². The Morgan fingerprint density at radius 2 is 2.04 bits per heavy atom. The molecule has 25 heavy (non-hydrogen) atoms. The lowest BCUT2D eigenvalue weighted by Gasteiger charge is -2.28. The van der Waals surface area contributed by atoms with Gasteiger partial charge in [0.2, 0.25) is 5.91 Å². The lowest BCUT2D eigenvalue weighted by atomic mass is 10.00. The molecule has 2 aliphatic rings. The van der Waals surface area contributed by atoms with Crippen LogP contribution in [0.25, 0.3) is 0 Å². The fourth-order valence-corrected chi connectivity index (χ4v) is 3.60. The van der Waals surface area contributed by atoms with Crippen LogP contribution in [0.1, 0.15) is 40.4 Å². The van der Waals surface area contributed by atoms with Crippen molar-refractivity contribution in [1.29, 1.82) is 0 Å². The van der Waals surface area contributed by atoms with E-state index >= 15 is 0 Å². The van der Waals surface area contributed by atoms with Crippen LogP contribution in [0.15, 0.2) is 36.4 Å². The Balaban J connectivity index is 1.59. The highest BCUT2D eigenvalue weighted by atomic mass is 16.5. The average Bonchev–Trinajstić information content (AvgIpc) is 3.10. The molecule has 0 saturated heterocycles. The van der Waals surface area contributed by atoms with Crippen molar-refractivity contribution in [2.45, 2.75) is 33.0 Å². The number of amides is 2. The number of ether oxygens (including phenoxy) is 1. The first-order valence-electron chi connectivity index (χ1n) is 8.60. The summed E-state index contributed by atoms with van der Waals surface area (Å²) in [6.07, 6.45) is 1.23. The van der Waals surface area contributed by atoms with E-state index in [1.165, 1.54) is 0 Å². The minimum atomic E-state index is -0.124. The highest BCUT2D eigenvalue weighted by Crippen LogP contribution is 2.31. The molecular weight excluding hydrogens is 316 g/mol. The van der Waals surface area contributed by atoms with E-state index in [-0.39, 0.29) is 11.8 Å². The van der Waals surface area contributed by atoms with Crippen LogP contribution >= 0.6 is 0 Å². The van der Waals surface area contributed by atoms with E-state index in [0.717, 1.165) is 28.1 Å². The highest BCUT2D eigenvalue weighted by molar-refractivity contribution is 6.06. The molecule has 4 rings (SSSR count). The van der Waals surface area contributed by atoms with Crippen LogP contribution in [0.4, 0.5) is 11.4 Å². The largest absolute Gasteiger partial charge is 0.372 e. The summed E-state index contributed by atoms with van der Waals surface area (Å²) in [7, 11) is 0. The van der Waals surface area contributed by atoms with Crippen molar-refractivity contribution < 1.29 is 14.3 Å². The number of rotatable bonds is 3. The maximum atomic E-state index is 12.7. The summed E-state index contributed by atoms with van der Waals surface area (Å²) in [6.45, 7) is 3.68. The number of nitrogens with zero attached hydrogens (tertiary/aromatic N) is 1. The van der Waals surface area contributed by atoms with Gasteiger partial charge in [-0.05, 0) is 54.3 Å². The van der Waals surface area contributed by atoms with Crippen molar-refractivity contribution >= 4 is 23.2 Å². The third kappa shape index (κ3) is 2.81. The van der Waals surface area contributed by atoms with Crippen LogP contribution in [0, 0.1) is 0 Å². The number of aryl methyl sites for hydroxylation is 1. The molecule has 2 aliphatic heterocycles. The first-order chi connectivity index (χ1) is 12.2. The predicted octanol–water partition coefficient (Wildman–Crippen LogP) is 3.27. The number of carbonyl (C=O) groups excluding carboxylic acids is 2. The standard InChI is InChI=1S/C20H20N2O3/c1-2-22-18-8-7-15(10-13(18)6-9-19(22)23)21-20(24)16-5-3-4-14-11-25-12-17(14)16/h3-5,7-8,10H,2,6,9,11-12H2,1H3,(H,21,24). The second-order valence-corrected chi connectivity index (χ2v) is 6.37. The molecule has 2 amide bonds. The quantitative estimate of drug-likeness (QED) is 0.936. The Kier molecular flexibility index (Phi) is 4.01. The number of hydrogen-bond donors (Lipinski definition) is 1. The van der Waals surface area contributed by atoms with Gasteiger partial charge in [-0.1, -0.05) is 12.1 Å². The van der Waals surface area contributed by atoms with Gasteiger partial charge in [-0.2, -0.15) is 0 Å². The minimum absolute atomic E-state index is 0.124. The SMILES string of the molecule is CCN1C(=O)CCc2cc(NC(=O)c3cccc4c3COC4)ccc21. The number of nitrogens with one attached hydrogen (secondary N) is 1. The summed E-state index contributed by atoms with van der Waals surface area (Å²) in [5.74, 6) is 0.0353. The molecule has 2 aromatic rings. The van der Waals surface area contributed by atoms with Gasteiger partial charge in [-0.25, -0.2) is 0 Å². The van der Waals surface area contributed by atoms with Gasteiger partial charge in [0, 0.05) is 29.9 Å². The molecule has 0 atom stereocenters. The second kappa shape index (κ2) is 6.33. The number of hydrogen-bond acceptors (Lipinski definition) is 3. The van der Waals surface area contributed by atoms with Crippen LogP contribution in [-0.4, -0.2) is 18.4 Å². The summed E-state index contributed by atoms with van der Waals surface area (Å²) in [6, 6.07) is 11.5. The molecule has 0 radical (unpaired) electrons. The summed E-state index contributed by atoms with van der Waals surface area (Å²) in [5.41, 5.74) is 5.52. The molecule has 0 saturated carbocycles. The maximum absolute atomic E-state index is 12.7. The van der Waals surface area contributed by atoms with Crippen LogP contribution in [0.2, 0.25) is 0 Å². The molecular formula is C20H20N2O3. The Morgan fingerprint density at radius 1 is 1.16 bits per heavy atom. The van der Waals surface area contributed by atoms with E-state index in [2.05, 4.69) is 5.32 Å². The van der Waals surface area contributed by atoms with Crippen molar-refractivity contribution in [1.82, 2.24) is 0 Å². The van der Waals surface area contributed by atoms with Crippen LogP contribution in [-0.2, 0) is 29.2 Å². The monoisotopic (exact) mass is 336 g/mol. The van der Waals surface area contributed by atoms with Crippen molar-refractivity contribution in [2.24, 2.45) is 0 Å². The second-order valence-electron chi connectivity index (χ2n) is 6.37. The minimum Gasteiger partial charge on any atom is -0.372 e. The number of anilines is 2. The van der Waals surface area contributed by atoms with Gasteiger partial charge in [0.25, 0.3) is 5.91 Å². The van der Waals surface area contributed by atoms with E-state index in [0.29, 0.717) is 38.2 Å². The van der Waals surface area contributed by atoms with Gasteiger partial charge in [0.15, 0.2) is 0 Å². The van der Waals surface area contributed by atoms with Crippen molar-refractivity contribution in [3.8, 4) is 0 Å². The van der Waals surface area contributed by atoms with E-state index in [4.69, 9.17) is 4.74 Å². The van der Waals surface area contributed by atoms with Gasteiger partial charge in [-0.15, -0.1) is 0 Å². The predicted molar refractivity (Wildman–Crippen MR) is 95.7 cm³/mol. The van der Waals surface area contributed by atoms with E-state index in [1.54, 1.807) is 4.90 Å². The Hall–Kier alpha value is -2.66. The fourth-order valence-electron chi connectivity index (χ4n) is 3.60. The first-order valence-corrected chi connectivity index (χ1v) is 8.60. The third-order valence-electron chi connectivity index (χ3n) is 4.88. The van der Waals surface area contributed by atoms with Crippen LogP contribution in [0.3, 0.4) is 0 Å².